The molecule has 2 saturated heterocycles. The zero-order valence-electron chi connectivity index (χ0n) is 16.6. The van der Waals surface area contributed by atoms with Crippen LogP contribution in [-0.4, -0.2) is 49.5 Å². The highest BCUT2D eigenvalue weighted by Gasteiger charge is 2.48. The molecule has 28 heavy (non-hydrogen) atoms. The summed E-state index contributed by atoms with van der Waals surface area (Å²) in [6, 6.07) is 18.8. The van der Waals surface area contributed by atoms with Crippen LogP contribution in [0.2, 0.25) is 0 Å². The first-order valence-corrected chi connectivity index (χ1v) is 9.89. The largest absolute Gasteiger partial charge is 0.385 e. The van der Waals surface area contributed by atoms with Crippen LogP contribution in [0.4, 0.5) is 0 Å². The molecule has 0 amide bonds. The zero-order chi connectivity index (χ0) is 19.6. The molecule has 2 atom stereocenters. The molecule has 5 heteroatoms. The van der Waals surface area contributed by atoms with Crippen LogP contribution >= 0.6 is 0 Å². The Kier molecular flexibility index (Phi) is 5.80. The summed E-state index contributed by atoms with van der Waals surface area (Å²) in [6.45, 7) is 2.17. The standard InChI is InChI=1S/C23H29NO4/c1-26-22(27-2)20-10-6-7-11-21(20)23(25)12-18-15-28-16-19(13-23)24(18)14-17-8-4-3-5-9-17/h3-11,18-19,22,25H,12-16H2,1-2H3. The van der Waals surface area contributed by atoms with Crippen molar-refractivity contribution in [3.05, 3.63) is 71.3 Å². The lowest BCUT2D eigenvalue weighted by Gasteiger charge is -2.52. The molecule has 1 N–H and O–H groups in total. The van der Waals surface area contributed by atoms with Crippen molar-refractivity contribution in [2.24, 2.45) is 0 Å². The molecule has 0 saturated carbocycles. The summed E-state index contributed by atoms with van der Waals surface area (Å²) in [5.74, 6) is 0. The van der Waals surface area contributed by atoms with E-state index >= 15 is 0 Å². The first kappa shape index (κ1) is 19.6. The molecule has 4 rings (SSSR count). The number of ether oxygens (including phenoxy) is 3. The lowest BCUT2D eigenvalue weighted by molar-refractivity contribution is -0.153. The van der Waals surface area contributed by atoms with Crippen molar-refractivity contribution < 1.29 is 19.3 Å². The number of methoxy groups -OCH3 is 2. The number of hydrogen-bond acceptors (Lipinski definition) is 5. The summed E-state index contributed by atoms with van der Waals surface area (Å²) in [4.78, 5) is 2.50. The number of benzene rings is 2. The lowest BCUT2D eigenvalue weighted by atomic mass is 9.75. The van der Waals surface area contributed by atoms with Crippen LogP contribution < -0.4 is 0 Å². The number of piperidine rings is 1. The third-order valence-electron chi connectivity index (χ3n) is 6.06. The van der Waals surface area contributed by atoms with Gasteiger partial charge >= 0.3 is 0 Å². The number of nitrogens with zero attached hydrogens (tertiary/aromatic N) is 1. The minimum atomic E-state index is -0.918. The van der Waals surface area contributed by atoms with Gasteiger partial charge in [-0.2, -0.15) is 0 Å². The smallest absolute Gasteiger partial charge is 0.183 e. The van der Waals surface area contributed by atoms with Crippen LogP contribution in [0.3, 0.4) is 0 Å². The van der Waals surface area contributed by atoms with Crippen LogP contribution in [0.25, 0.3) is 0 Å². The van der Waals surface area contributed by atoms with Crippen LogP contribution in [-0.2, 0) is 26.4 Å². The van der Waals surface area contributed by atoms with Crippen LogP contribution in [0.5, 0.6) is 0 Å². The topological polar surface area (TPSA) is 51.2 Å². The summed E-state index contributed by atoms with van der Waals surface area (Å²) in [6.07, 6.45) is 0.778. The van der Waals surface area contributed by atoms with E-state index in [4.69, 9.17) is 14.2 Å². The molecule has 150 valence electrons. The third-order valence-corrected chi connectivity index (χ3v) is 6.06. The molecule has 0 aliphatic carbocycles. The average molecular weight is 383 g/mol. The van der Waals surface area contributed by atoms with Crippen molar-refractivity contribution in [1.29, 1.82) is 0 Å². The summed E-state index contributed by atoms with van der Waals surface area (Å²) >= 11 is 0. The first-order valence-electron chi connectivity index (χ1n) is 9.89. The predicted molar refractivity (Wildman–Crippen MR) is 107 cm³/mol. The van der Waals surface area contributed by atoms with Crippen molar-refractivity contribution in [2.45, 2.75) is 43.4 Å². The van der Waals surface area contributed by atoms with Crippen LogP contribution in [0.15, 0.2) is 54.6 Å². The fourth-order valence-electron chi connectivity index (χ4n) is 4.79. The minimum Gasteiger partial charge on any atom is -0.385 e. The van der Waals surface area contributed by atoms with E-state index in [0.29, 0.717) is 26.1 Å². The quantitative estimate of drug-likeness (QED) is 0.776. The highest BCUT2D eigenvalue weighted by atomic mass is 16.7. The number of rotatable bonds is 6. The average Bonchev–Trinajstić information content (AvgIpc) is 2.71. The van der Waals surface area contributed by atoms with Crippen molar-refractivity contribution in [2.75, 3.05) is 27.4 Å². The van der Waals surface area contributed by atoms with Gasteiger partial charge in [-0.25, -0.2) is 0 Å². The molecule has 2 aromatic rings. The van der Waals surface area contributed by atoms with E-state index in [1.54, 1.807) is 14.2 Å². The SMILES string of the molecule is COC(OC)c1ccccc1C1(O)CC2COCC(C1)N2Cc1ccccc1. The van der Waals surface area contributed by atoms with E-state index < -0.39 is 11.9 Å². The molecule has 2 unspecified atom stereocenters. The van der Waals surface area contributed by atoms with E-state index in [2.05, 4.69) is 29.2 Å². The number of hydrogen-bond donors (Lipinski definition) is 1. The van der Waals surface area contributed by atoms with E-state index in [1.165, 1.54) is 5.56 Å². The summed E-state index contributed by atoms with van der Waals surface area (Å²) < 4.78 is 16.8. The molecule has 2 aliphatic heterocycles. The number of aliphatic hydroxyl groups is 1. The van der Waals surface area contributed by atoms with E-state index in [-0.39, 0.29) is 12.1 Å². The first-order chi connectivity index (χ1) is 13.6. The van der Waals surface area contributed by atoms with Gasteiger partial charge in [0.15, 0.2) is 6.29 Å². The van der Waals surface area contributed by atoms with E-state index in [9.17, 15) is 5.11 Å². The molecule has 0 aromatic heterocycles. The van der Waals surface area contributed by atoms with Gasteiger partial charge in [-0.1, -0.05) is 54.6 Å². The summed E-state index contributed by atoms with van der Waals surface area (Å²) in [5, 5.41) is 11.8. The second-order valence-electron chi connectivity index (χ2n) is 7.83. The lowest BCUT2D eigenvalue weighted by Crippen LogP contribution is -2.60. The van der Waals surface area contributed by atoms with E-state index in [0.717, 1.165) is 17.7 Å². The molecular weight excluding hydrogens is 354 g/mol. The second kappa shape index (κ2) is 8.31. The maximum atomic E-state index is 11.8. The Bertz CT molecular complexity index is 763. The second-order valence-corrected chi connectivity index (χ2v) is 7.83. The Morgan fingerprint density at radius 1 is 1.00 bits per heavy atom. The maximum absolute atomic E-state index is 11.8. The van der Waals surface area contributed by atoms with Crippen molar-refractivity contribution in [3.63, 3.8) is 0 Å². The highest BCUT2D eigenvalue weighted by Crippen LogP contribution is 2.44. The van der Waals surface area contributed by atoms with Gasteiger partial charge in [0.2, 0.25) is 0 Å². The molecule has 2 aliphatic rings. The number of fused-ring (bicyclic) bond motifs is 2. The van der Waals surface area contributed by atoms with Gasteiger partial charge in [-0.15, -0.1) is 0 Å². The van der Waals surface area contributed by atoms with Gasteiger partial charge in [0, 0.05) is 38.4 Å². The van der Waals surface area contributed by atoms with Crippen molar-refractivity contribution in [1.82, 2.24) is 4.90 Å². The Labute approximate surface area is 166 Å². The van der Waals surface area contributed by atoms with Gasteiger partial charge in [0.25, 0.3) is 0 Å². The summed E-state index contributed by atoms with van der Waals surface area (Å²) in [7, 11) is 3.25. The zero-order valence-corrected chi connectivity index (χ0v) is 16.6. The Hall–Kier alpha value is -1.76. The molecule has 0 radical (unpaired) electrons. The molecule has 2 bridgehead atoms. The Balaban J connectivity index is 1.62. The van der Waals surface area contributed by atoms with E-state index in [1.807, 2.05) is 30.3 Å². The molecule has 5 nitrogen and oxygen atoms in total. The van der Waals surface area contributed by atoms with Gasteiger partial charge in [-0.3, -0.25) is 4.90 Å². The third kappa shape index (κ3) is 3.73. The molecular formula is C23H29NO4. The van der Waals surface area contributed by atoms with Gasteiger partial charge in [-0.05, 0) is 24.0 Å². The van der Waals surface area contributed by atoms with Crippen LogP contribution in [0, 0.1) is 0 Å². The normalized spacial score (nSPS) is 27.9. The molecule has 2 aromatic carbocycles. The highest BCUT2D eigenvalue weighted by molar-refractivity contribution is 5.35. The Morgan fingerprint density at radius 2 is 1.61 bits per heavy atom. The minimum absolute atomic E-state index is 0.175. The van der Waals surface area contributed by atoms with Crippen molar-refractivity contribution >= 4 is 0 Å². The van der Waals surface area contributed by atoms with Gasteiger partial charge in [0.05, 0.1) is 18.8 Å². The molecule has 0 spiro atoms. The molecule has 2 fully saturated rings. The fourth-order valence-corrected chi connectivity index (χ4v) is 4.79. The maximum Gasteiger partial charge on any atom is 0.183 e. The molecule has 2 heterocycles. The van der Waals surface area contributed by atoms with Gasteiger partial charge < -0.3 is 19.3 Å². The summed E-state index contributed by atoms with van der Waals surface area (Å²) in [5.41, 5.74) is 2.17. The monoisotopic (exact) mass is 383 g/mol. The number of morpholine rings is 1. The van der Waals surface area contributed by atoms with Gasteiger partial charge in [0.1, 0.15) is 0 Å². The predicted octanol–water partition coefficient (Wildman–Crippen LogP) is 3.23. The Morgan fingerprint density at radius 3 is 2.25 bits per heavy atom. The van der Waals surface area contributed by atoms with Crippen molar-refractivity contribution in [3.8, 4) is 0 Å². The van der Waals surface area contributed by atoms with Crippen LogP contribution in [0.1, 0.15) is 35.8 Å². The fraction of sp³-hybridized carbons (Fsp3) is 0.478.